The van der Waals surface area contributed by atoms with Crippen LogP contribution in [-0.4, -0.2) is 33.5 Å². The maximum atomic E-state index is 11.7. The normalized spacial score (nSPS) is 11.6. The number of hydrogen-bond donors (Lipinski definition) is 3. The van der Waals surface area contributed by atoms with Crippen LogP contribution in [0.2, 0.25) is 0 Å². The molecule has 0 spiro atoms. The van der Waals surface area contributed by atoms with Gasteiger partial charge in [0, 0.05) is 19.2 Å². The van der Waals surface area contributed by atoms with E-state index >= 15 is 0 Å². The zero-order valence-electron chi connectivity index (χ0n) is 17.3. The number of rotatable bonds is 8. The molecule has 0 aliphatic heterocycles. The number of sulfonamides is 1. The van der Waals surface area contributed by atoms with Gasteiger partial charge >= 0.3 is 0 Å². The summed E-state index contributed by atoms with van der Waals surface area (Å²) in [7, 11) is -0.210. The van der Waals surface area contributed by atoms with E-state index in [9.17, 15) is 8.42 Å². The Morgan fingerprint density at radius 2 is 1.74 bits per heavy atom. The first-order valence-corrected chi connectivity index (χ1v) is 11.1. The van der Waals surface area contributed by atoms with E-state index in [4.69, 9.17) is 4.42 Å². The number of nitrogens with zero attached hydrogens (tertiary/aromatic N) is 2. The molecular formula is C21H26IN5O3S. The van der Waals surface area contributed by atoms with Crippen LogP contribution in [0.4, 0.5) is 0 Å². The molecule has 0 aliphatic rings. The molecule has 3 N–H and O–H groups in total. The molecule has 31 heavy (non-hydrogen) atoms. The number of hydrogen-bond acceptors (Lipinski definition) is 5. The summed E-state index contributed by atoms with van der Waals surface area (Å²) in [4.78, 5) is 8.69. The van der Waals surface area contributed by atoms with Crippen LogP contribution in [0.1, 0.15) is 16.8 Å². The van der Waals surface area contributed by atoms with Gasteiger partial charge < -0.3 is 15.1 Å². The van der Waals surface area contributed by atoms with Crippen molar-refractivity contribution in [2.45, 2.75) is 18.8 Å². The fourth-order valence-electron chi connectivity index (χ4n) is 2.80. The molecule has 0 amide bonds. The van der Waals surface area contributed by atoms with Crippen LogP contribution in [0.15, 0.2) is 70.3 Å². The molecule has 10 heteroatoms. The number of nitrogens with one attached hydrogen (secondary N) is 3. The van der Waals surface area contributed by atoms with Gasteiger partial charge in [0.15, 0.2) is 5.96 Å². The van der Waals surface area contributed by atoms with Gasteiger partial charge in [-0.25, -0.2) is 18.1 Å². The second kappa shape index (κ2) is 11.8. The first kappa shape index (κ1) is 24.8. The monoisotopic (exact) mass is 555 g/mol. The average Bonchev–Trinajstić information content (AvgIpc) is 3.23. The summed E-state index contributed by atoms with van der Waals surface area (Å²) in [6, 6.07) is 17.1. The molecule has 1 aromatic heterocycles. The minimum atomic E-state index is -3.30. The Morgan fingerprint density at radius 3 is 2.45 bits per heavy atom. The van der Waals surface area contributed by atoms with E-state index in [1.165, 1.54) is 7.05 Å². The Balaban J connectivity index is 0.00000341. The van der Waals surface area contributed by atoms with E-state index in [0.717, 1.165) is 22.4 Å². The highest BCUT2D eigenvalue weighted by Crippen LogP contribution is 2.17. The number of aromatic nitrogens is 1. The molecule has 2 aromatic carbocycles. The Labute approximate surface area is 199 Å². The molecule has 0 fully saturated rings. The Kier molecular flexibility index (Phi) is 9.46. The number of aliphatic imine (C=N–C) groups is 1. The van der Waals surface area contributed by atoms with Crippen molar-refractivity contribution in [1.82, 2.24) is 20.3 Å². The number of halogens is 1. The van der Waals surface area contributed by atoms with Crippen LogP contribution in [0.25, 0.3) is 11.5 Å². The minimum Gasteiger partial charge on any atom is -0.444 e. The Morgan fingerprint density at radius 1 is 1.03 bits per heavy atom. The van der Waals surface area contributed by atoms with E-state index in [0.29, 0.717) is 24.9 Å². The molecular weight excluding hydrogens is 529 g/mol. The van der Waals surface area contributed by atoms with Crippen molar-refractivity contribution in [1.29, 1.82) is 0 Å². The standard InChI is InChI=1S/C21H25N5O3S.HI/c1-22-21(24-12-16-7-6-8-17(11-16)15-30(27,28)23-2)25-13-19-14-29-20(26-19)18-9-4-3-5-10-18;/h3-11,14,23H,12-13,15H2,1-2H3,(H2,22,24,25);1H. The summed E-state index contributed by atoms with van der Waals surface area (Å²) in [5.74, 6) is 1.12. The number of oxazole rings is 1. The topological polar surface area (TPSA) is 109 Å². The molecule has 0 atom stereocenters. The molecule has 8 nitrogen and oxygen atoms in total. The summed E-state index contributed by atoms with van der Waals surface area (Å²) >= 11 is 0. The SMILES string of the molecule is CN=C(NCc1cccc(CS(=O)(=O)NC)c1)NCc1coc(-c2ccccc2)n1.I. The fourth-order valence-corrected chi connectivity index (χ4v) is 3.57. The molecule has 3 aromatic rings. The van der Waals surface area contributed by atoms with E-state index < -0.39 is 10.0 Å². The molecule has 0 saturated carbocycles. The maximum Gasteiger partial charge on any atom is 0.226 e. The average molecular weight is 555 g/mol. The van der Waals surface area contributed by atoms with E-state index in [1.807, 2.05) is 48.5 Å². The van der Waals surface area contributed by atoms with Gasteiger partial charge in [-0.05, 0) is 30.3 Å². The highest BCUT2D eigenvalue weighted by atomic mass is 127. The zero-order chi connectivity index (χ0) is 21.4. The van der Waals surface area contributed by atoms with Gasteiger partial charge in [-0.2, -0.15) is 0 Å². The zero-order valence-corrected chi connectivity index (χ0v) is 20.5. The molecule has 0 saturated heterocycles. The lowest BCUT2D eigenvalue weighted by Crippen LogP contribution is -2.36. The van der Waals surface area contributed by atoms with Crippen molar-refractivity contribution in [2.75, 3.05) is 14.1 Å². The van der Waals surface area contributed by atoms with Crippen LogP contribution >= 0.6 is 24.0 Å². The molecule has 0 bridgehead atoms. The van der Waals surface area contributed by atoms with Gasteiger partial charge in [0.2, 0.25) is 15.9 Å². The summed E-state index contributed by atoms with van der Waals surface area (Å²) in [5, 5.41) is 6.41. The van der Waals surface area contributed by atoms with Gasteiger partial charge in [0.1, 0.15) is 6.26 Å². The van der Waals surface area contributed by atoms with Crippen LogP contribution < -0.4 is 15.4 Å². The van der Waals surface area contributed by atoms with Crippen LogP contribution in [0.5, 0.6) is 0 Å². The third kappa shape index (κ3) is 7.64. The van der Waals surface area contributed by atoms with Crippen LogP contribution in [-0.2, 0) is 28.9 Å². The lowest BCUT2D eigenvalue weighted by Gasteiger charge is -2.12. The van der Waals surface area contributed by atoms with Crippen molar-refractivity contribution in [3.05, 3.63) is 77.7 Å². The third-order valence-corrected chi connectivity index (χ3v) is 5.69. The van der Waals surface area contributed by atoms with Crippen molar-refractivity contribution in [3.63, 3.8) is 0 Å². The number of benzene rings is 2. The quantitative estimate of drug-likeness (QED) is 0.224. The van der Waals surface area contributed by atoms with Gasteiger partial charge in [0.25, 0.3) is 0 Å². The summed E-state index contributed by atoms with van der Waals surface area (Å²) < 4.78 is 31.3. The molecule has 0 unspecified atom stereocenters. The van der Waals surface area contributed by atoms with Crippen molar-refractivity contribution in [2.24, 2.45) is 4.99 Å². The fraction of sp³-hybridized carbons (Fsp3) is 0.238. The van der Waals surface area contributed by atoms with E-state index in [2.05, 4.69) is 25.3 Å². The second-order valence-electron chi connectivity index (χ2n) is 6.57. The van der Waals surface area contributed by atoms with Gasteiger partial charge in [0.05, 0.1) is 18.0 Å². The largest absolute Gasteiger partial charge is 0.444 e. The number of guanidine groups is 1. The minimum absolute atomic E-state index is 0. The highest BCUT2D eigenvalue weighted by Gasteiger charge is 2.10. The lowest BCUT2D eigenvalue weighted by molar-refractivity contribution is 0.572. The maximum absolute atomic E-state index is 11.7. The first-order valence-electron chi connectivity index (χ1n) is 9.42. The summed E-state index contributed by atoms with van der Waals surface area (Å²) in [6.45, 7) is 0.956. The second-order valence-corrected chi connectivity index (χ2v) is 8.50. The van der Waals surface area contributed by atoms with Gasteiger partial charge in [-0.15, -0.1) is 24.0 Å². The summed E-state index contributed by atoms with van der Waals surface area (Å²) in [6.07, 6.45) is 1.62. The highest BCUT2D eigenvalue weighted by molar-refractivity contribution is 14.0. The van der Waals surface area contributed by atoms with Crippen LogP contribution in [0.3, 0.4) is 0 Å². The van der Waals surface area contributed by atoms with Crippen molar-refractivity contribution < 1.29 is 12.8 Å². The van der Waals surface area contributed by atoms with Crippen molar-refractivity contribution >= 4 is 40.0 Å². The van der Waals surface area contributed by atoms with Crippen molar-refractivity contribution in [3.8, 4) is 11.5 Å². The Bertz CT molecular complexity index is 1100. The van der Waals surface area contributed by atoms with Gasteiger partial charge in [-0.3, -0.25) is 4.99 Å². The van der Waals surface area contributed by atoms with Crippen LogP contribution in [0, 0.1) is 0 Å². The smallest absolute Gasteiger partial charge is 0.226 e. The predicted octanol–water partition coefficient (Wildman–Crippen LogP) is 2.87. The third-order valence-electron chi connectivity index (χ3n) is 4.35. The predicted molar refractivity (Wildman–Crippen MR) is 133 cm³/mol. The molecule has 0 radical (unpaired) electrons. The van der Waals surface area contributed by atoms with Gasteiger partial charge in [-0.1, -0.05) is 42.5 Å². The van der Waals surface area contributed by atoms with E-state index in [-0.39, 0.29) is 29.7 Å². The summed E-state index contributed by atoms with van der Waals surface area (Å²) in [5.41, 5.74) is 3.36. The molecule has 1 heterocycles. The molecule has 3 rings (SSSR count). The first-order chi connectivity index (χ1) is 14.5. The van der Waals surface area contributed by atoms with E-state index in [1.54, 1.807) is 19.4 Å². The molecule has 166 valence electrons. The Hall–Kier alpha value is -2.44. The lowest BCUT2D eigenvalue weighted by atomic mass is 10.1. The molecule has 0 aliphatic carbocycles.